The van der Waals surface area contributed by atoms with Crippen LogP contribution in [0.1, 0.15) is 41.2 Å². The highest BCUT2D eigenvalue weighted by Gasteiger charge is 2.13. The summed E-state index contributed by atoms with van der Waals surface area (Å²) in [5.74, 6) is -1.54. The number of hydrogen-bond donors (Lipinski definition) is 1. The van der Waals surface area contributed by atoms with Crippen LogP contribution in [-0.4, -0.2) is 19.3 Å². The van der Waals surface area contributed by atoms with Crippen molar-refractivity contribution in [3.8, 4) is 11.5 Å². The lowest BCUT2D eigenvalue weighted by Gasteiger charge is -2.12. The number of rotatable bonds is 4. The zero-order chi connectivity index (χ0) is 24.6. The lowest BCUT2D eigenvalue weighted by atomic mass is 10.1. The molecule has 3 nitrogen and oxygen atoms in total. The number of benzene rings is 1. The maximum absolute atomic E-state index is 8.29. The fourth-order valence-corrected chi connectivity index (χ4v) is 0.907. The van der Waals surface area contributed by atoms with Gasteiger partial charge in [-0.05, 0) is 37.4 Å². The molecule has 0 amide bonds. The molecule has 0 bridgehead atoms. The smallest absolute Gasteiger partial charge is 0.231 e. The average Bonchev–Trinajstić information content (AvgIpc) is 2.86. The Bertz CT molecular complexity index is 890. The summed E-state index contributed by atoms with van der Waals surface area (Å²) in [6.45, 7) is -13.7. The van der Waals surface area contributed by atoms with Crippen molar-refractivity contribution in [1.82, 2.24) is 5.32 Å². The van der Waals surface area contributed by atoms with Crippen LogP contribution in [0.15, 0.2) is 18.1 Å². The van der Waals surface area contributed by atoms with E-state index in [1.807, 2.05) is 0 Å². The zero-order valence-electron chi connectivity index (χ0n) is 23.3. The predicted octanol–water partition coefficient (Wildman–Crippen LogP) is 1.96. The topological polar surface area (TPSA) is 30.5 Å². The third kappa shape index (κ3) is 2.42. The molecule has 1 aromatic rings. The van der Waals surface area contributed by atoms with Gasteiger partial charge in [0.1, 0.15) is 2.74 Å². The van der Waals surface area contributed by atoms with Gasteiger partial charge in [-0.1, -0.05) is 12.9 Å². The van der Waals surface area contributed by atoms with Crippen molar-refractivity contribution in [2.45, 2.75) is 26.1 Å². The standard InChI is InChI=1S/C12H17NO2/c1-3-13-9(2)6-10-4-5-11-12(7-10)15-8-14-11/h4-5,7,9,13H,3,6,8H2,1-2H3/t9-/m0/s1/i1D3,2D3,3D2,4D,5D,6D2,7D,8D2,9D. The minimum absolute atomic E-state index is 0.713. The van der Waals surface area contributed by atoms with Crippen LogP contribution >= 0.6 is 0 Å². The average molecular weight is 223 g/mol. The van der Waals surface area contributed by atoms with Crippen molar-refractivity contribution in [3.05, 3.63) is 23.7 Å². The van der Waals surface area contributed by atoms with E-state index >= 15 is 0 Å². The maximum Gasteiger partial charge on any atom is 0.231 e. The van der Waals surface area contributed by atoms with E-state index in [1.54, 1.807) is 0 Å². The van der Waals surface area contributed by atoms with Gasteiger partial charge in [-0.15, -0.1) is 0 Å². The molecule has 0 aliphatic carbocycles. The Kier molecular flexibility index (Phi) is 0.718. The van der Waals surface area contributed by atoms with E-state index in [0.717, 1.165) is 0 Å². The highest BCUT2D eigenvalue weighted by molar-refractivity contribution is 5.44. The van der Waals surface area contributed by atoms with Gasteiger partial charge in [0, 0.05) is 21.1 Å². The van der Waals surface area contributed by atoms with E-state index in [9.17, 15) is 0 Å². The first kappa shape index (κ1) is 2.38. The second kappa shape index (κ2) is 4.53. The summed E-state index contributed by atoms with van der Waals surface area (Å²) in [5, 5.41) is 1.37. The third-order valence-corrected chi connectivity index (χ3v) is 1.47. The molecule has 1 heterocycles. The zero-order valence-corrected chi connectivity index (χ0v) is 7.32. The first-order valence-electron chi connectivity index (χ1n) is 11.8. The molecule has 15 heavy (non-hydrogen) atoms. The second-order valence-electron chi connectivity index (χ2n) is 2.45. The molecule has 0 radical (unpaired) electrons. The monoisotopic (exact) mass is 223 g/mol. The van der Waals surface area contributed by atoms with E-state index in [2.05, 4.69) is 4.74 Å². The van der Waals surface area contributed by atoms with Crippen LogP contribution < -0.4 is 14.8 Å². The summed E-state index contributed by atoms with van der Waals surface area (Å²) in [4.78, 5) is 0. The van der Waals surface area contributed by atoms with Crippen LogP contribution in [0.25, 0.3) is 0 Å². The van der Waals surface area contributed by atoms with E-state index in [0.29, 0.717) is 0 Å². The number of ether oxygens (including phenoxy) is 2. The van der Waals surface area contributed by atoms with E-state index in [4.69, 9.17) is 26.7 Å². The van der Waals surface area contributed by atoms with Crippen LogP contribution in [0, 0.1) is 0 Å². The molecule has 3 heteroatoms. The second-order valence-corrected chi connectivity index (χ2v) is 2.45. The largest absolute Gasteiger partial charge is 0.454 e. The number of likely N-dealkylation sites (N-methyl/N-ethyl adjacent to an activating group) is 1. The summed E-state index contributed by atoms with van der Waals surface area (Å²) >= 11 is 0. The fourth-order valence-electron chi connectivity index (χ4n) is 0.907. The molecule has 0 saturated carbocycles. The van der Waals surface area contributed by atoms with Crippen LogP contribution in [0.3, 0.4) is 0 Å². The van der Waals surface area contributed by atoms with Crippen molar-refractivity contribution < 1.29 is 31.4 Å². The van der Waals surface area contributed by atoms with Gasteiger partial charge in [0.2, 0.25) is 6.75 Å². The Hall–Kier alpha value is -1.22. The molecule has 1 N–H and O–H groups in total. The number of nitrogens with one attached hydrogen (secondary N) is 1. The molecule has 0 saturated heterocycles. The Morgan fingerprint density at radius 1 is 1.73 bits per heavy atom. The molecule has 1 aliphatic heterocycles. The molecule has 1 aliphatic rings. The van der Waals surface area contributed by atoms with Gasteiger partial charge in [0.15, 0.2) is 11.5 Å². The summed E-state index contributed by atoms with van der Waals surface area (Å²) < 4.78 is 133. The summed E-state index contributed by atoms with van der Waals surface area (Å²) in [7, 11) is 0. The van der Waals surface area contributed by atoms with Gasteiger partial charge in [0.25, 0.3) is 0 Å². The van der Waals surface area contributed by atoms with Gasteiger partial charge in [-0.2, -0.15) is 0 Å². The summed E-state index contributed by atoms with van der Waals surface area (Å²) in [6.07, 6.45) is -3.69. The maximum atomic E-state index is 8.29. The van der Waals surface area contributed by atoms with Gasteiger partial charge in [-0.25, -0.2) is 0 Å². The Morgan fingerprint density at radius 3 is 3.53 bits per heavy atom. The molecule has 0 fully saturated rings. The fraction of sp³-hybridized carbons (Fsp3) is 0.500. The lowest BCUT2D eigenvalue weighted by Crippen LogP contribution is -2.27. The molecule has 82 valence electrons. The SMILES string of the molecule is [2H]c1c([2H])c(C([2H])([2H])[C@@]([2H])(NC([2H])([2H])C([2H])([2H])[2H])C([2H])([2H])[2H])c([2H])c2c1OC([2H])([2H])O2. The minimum atomic E-state index is -3.78. The first-order valence-corrected chi connectivity index (χ1v) is 3.82. The molecular weight excluding hydrogens is 190 g/mol. The molecule has 0 aromatic heterocycles. The van der Waals surface area contributed by atoms with Crippen molar-refractivity contribution in [1.29, 1.82) is 0 Å². The predicted molar refractivity (Wildman–Crippen MR) is 59.4 cm³/mol. The Labute approximate surface area is 113 Å². The number of hydrogen-bond acceptors (Lipinski definition) is 3. The van der Waals surface area contributed by atoms with Gasteiger partial charge >= 0.3 is 0 Å². The van der Waals surface area contributed by atoms with Crippen molar-refractivity contribution >= 4 is 0 Å². The molecule has 1 aromatic carbocycles. The van der Waals surface area contributed by atoms with Crippen LogP contribution in [0.4, 0.5) is 0 Å². The molecule has 1 atom stereocenters. The highest BCUT2D eigenvalue weighted by Crippen LogP contribution is 2.32. The van der Waals surface area contributed by atoms with E-state index in [-0.39, 0.29) is 0 Å². The van der Waals surface area contributed by atoms with Crippen LogP contribution in [-0.2, 0) is 6.37 Å². The number of fused-ring (bicyclic) bond motifs is 1. The van der Waals surface area contributed by atoms with E-state index in [1.165, 1.54) is 5.32 Å². The van der Waals surface area contributed by atoms with Gasteiger partial charge in [-0.3, -0.25) is 0 Å². The first-order chi connectivity index (χ1) is 13.5. The third-order valence-electron chi connectivity index (χ3n) is 1.47. The van der Waals surface area contributed by atoms with E-state index < -0.39 is 74.5 Å². The Balaban J connectivity index is 2.81. The van der Waals surface area contributed by atoms with Crippen molar-refractivity contribution in [2.24, 2.45) is 0 Å². The molecular formula is C12H17NO2. The minimum Gasteiger partial charge on any atom is -0.454 e. The lowest BCUT2D eigenvalue weighted by molar-refractivity contribution is 0.174. The molecule has 2 rings (SSSR count). The normalized spacial score (nSPS) is 40.0. The molecule has 0 unspecified atom stereocenters. The summed E-state index contributed by atoms with van der Waals surface area (Å²) in [6, 6.07) is -7.01. The van der Waals surface area contributed by atoms with Crippen molar-refractivity contribution in [2.75, 3.05) is 13.2 Å². The van der Waals surface area contributed by atoms with Crippen LogP contribution in [0.5, 0.6) is 11.5 Å². The quantitative estimate of drug-likeness (QED) is 0.846. The van der Waals surface area contributed by atoms with Crippen LogP contribution in [0.2, 0.25) is 0 Å². The Morgan fingerprint density at radius 2 is 2.67 bits per heavy atom. The molecule has 0 spiro atoms. The van der Waals surface area contributed by atoms with Gasteiger partial charge < -0.3 is 14.8 Å². The van der Waals surface area contributed by atoms with Gasteiger partial charge in [0.05, 0.1) is 4.11 Å². The highest BCUT2D eigenvalue weighted by atomic mass is 16.7. The van der Waals surface area contributed by atoms with Crippen molar-refractivity contribution in [3.63, 3.8) is 0 Å². The summed E-state index contributed by atoms with van der Waals surface area (Å²) in [5.41, 5.74) is -1.22.